The highest BCUT2D eigenvalue weighted by Gasteiger charge is 2.40. The number of rotatable bonds is 4. The lowest BCUT2D eigenvalue weighted by molar-refractivity contribution is 0.177. The van der Waals surface area contributed by atoms with Gasteiger partial charge in [-0.3, -0.25) is 4.98 Å². The van der Waals surface area contributed by atoms with Gasteiger partial charge >= 0.3 is 0 Å². The summed E-state index contributed by atoms with van der Waals surface area (Å²) in [7, 11) is 0. The molecule has 0 unspecified atom stereocenters. The highest BCUT2D eigenvalue weighted by molar-refractivity contribution is 6.30. The van der Waals surface area contributed by atoms with Gasteiger partial charge < -0.3 is 10.1 Å². The van der Waals surface area contributed by atoms with Crippen molar-refractivity contribution in [1.29, 1.82) is 0 Å². The van der Waals surface area contributed by atoms with Crippen LogP contribution in [0.5, 0.6) is 0 Å². The van der Waals surface area contributed by atoms with Gasteiger partial charge in [0.15, 0.2) is 0 Å². The summed E-state index contributed by atoms with van der Waals surface area (Å²) >= 11 is 5.85. The van der Waals surface area contributed by atoms with E-state index in [1.165, 1.54) is 6.07 Å². The maximum absolute atomic E-state index is 14.4. The van der Waals surface area contributed by atoms with E-state index in [4.69, 9.17) is 16.3 Å². The third-order valence-corrected chi connectivity index (χ3v) is 4.99. The maximum Gasteiger partial charge on any atom is 0.127 e. The number of ether oxygens (including phenoxy) is 1. The van der Waals surface area contributed by atoms with Crippen LogP contribution in [-0.2, 0) is 10.2 Å². The molecule has 0 aliphatic carbocycles. The summed E-state index contributed by atoms with van der Waals surface area (Å²) in [6, 6.07) is 8.56. The molecule has 0 spiro atoms. The van der Waals surface area contributed by atoms with E-state index in [2.05, 4.69) is 23.8 Å². The van der Waals surface area contributed by atoms with Crippen molar-refractivity contribution in [3.8, 4) is 0 Å². The zero-order chi connectivity index (χ0) is 17.3. The van der Waals surface area contributed by atoms with Gasteiger partial charge in [-0.2, -0.15) is 0 Å². The Kier molecular flexibility index (Phi) is 4.61. The molecule has 3 rings (SSSR count). The van der Waals surface area contributed by atoms with Crippen LogP contribution in [0.4, 0.5) is 10.1 Å². The Hall–Kier alpha value is -1.91. The number of hydrogen-bond donors (Lipinski definition) is 1. The summed E-state index contributed by atoms with van der Waals surface area (Å²) in [4.78, 5) is 4.23. The standard InChI is InChI=1S/C19H20ClFN2O/c1-12-10-24-11-19(12,3)16-8-15(5-6-17(16)21)23-13(2)18-7-4-14(20)9-22-18/h4-9,12,23H,2,10-11H2,1,3H3/t12-,19-/m1/s1. The summed E-state index contributed by atoms with van der Waals surface area (Å²) in [5, 5.41) is 3.76. The number of benzene rings is 1. The first-order valence-electron chi connectivity index (χ1n) is 7.86. The number of hydrogen-bond acceptors (Lipinski definition) is 3. The molecule has 126 valence electrons. The van der Waals surface area contributed by atoms with Crippen LogP contribution < -0.4 is 5.32 Å². The van der Waals surface area contributed by atoms with Crippen molar-refractivity contribution in [2.45, 2.75) is 19.3 Å². The second kappa shape index (κ2) is 6.54. The first-order chi connectivity index (χ1) is 11.4. The van der Waals surface area contributed by atoms with Crippen molar-refractivity contribution in [1.82, 2.24) is 4.98 Å². The molecule has 1 aromatic carbocycles. The summed E-state index contributed by atoms with van der Waals surface area (Å²) in [6.07, 6.45) is 1.57. The zero-order valence-corrected chi connectivity index (χ0v) is 14.5. The molecule has 1 aromatic heterocycles. The summed E-state index contributed by atoms with van der Waals surface area (Å²) in [6.45, 7) is 9.30. The van der Waals surface area contributed by atoms with E-state index < -0.39 is 0 Å². The Morgan fingerprint density at radius 2 is 2.21 bits per heavy atom. The number of nitrogens with one attached hydrogen (secondary N) is 1. The molecule has 2 atom stereocenters. The van der Waals surface area contributed by atoms with Crippen LogP contribution in [0, 0.1) is 11.7 Å². The van der Waals surface area contributed by atoms with Crippen LogP contribution in [0.1, 0.15) is 25.1 Å². The van der Waals surface area contributed by atoms with E-state index in [9.17, 15) is 4.39 Å². The molecule has 1 aliphatic rings. The minimum absolute atomic E-state index is 0.212. The molecule has 0 saturated carbocycles. The molecular formula is C19H20ClFN2O. The van der Waals surface area contributed by atoms with Crippen molar-refractivity contribution < 1.29 is 9.13 Å². The van der Waals surface area contributed by atoms with E-state index in [0.29, 0.717) is 35.2 Å². The minimum atomic E-state index is -0.332. The molecule has 1 N–H and O–H groups in total. The van der Waals surface area contributed by atoms with Gasteiger partial charge in [0.1, 0.15) is 5.82 Å². The van der Waals surface area contributed by atoms with Gasteiger partial charge in [-0.15, -0.1) is 0 Å². The number of pyridine rings is 1. The number of nitrogens with zero attached hydrogens (tertiary/aromatic N) is 1. The number of anilines is 1. The molecule has 0 amide bonds. The molecule has 5 heteroatoms. The Labute approximate surface area is 146 Å². The van der Waals surface area contributed by atoms with Gasteiger partial charge in [0, 0.05) is 17.3 Å². The fourth-order valence-corrected chi connectivity index (χ4v) is 3.06. The molecule has 24 heavy (non-hydrogen) atoms. The second-order valence-corrected chi connectivity index (χ2v) is 6.93. The van der Waals surface area contributed by atoms with Gasteiger partial charge in [0.2, 0.25) is 0 Å². The predicted octanol–water partition coefficient (Wildman–Crippen LogP) is 4.88. The van der Waals surface area contributed by atoms with Crippen LogP contribution >= 0.6 is 11.6 Å². The Morgan fingerprint density at radius 1 is 1.42 bits per heavy atom. The van der Waals surface area contributed by atoms with E-state index in [1.54, 1.807) is 24.4 Å². The van der Waals surface area contributed by atoms with Crippen molar-refractivity contribution in [3.63, 3.8) is 0 Å². The van der Waals surface area contributed by atoms with Crippen molar-refractivity contribution >= 4 is 23.0 Å². The van der Waals surface area contributed by atoms with Crippen molar-refractivity contribution in [2.24, 2.45) is 5.92 Å². The molecule has 1 aliphatic heterocycles. The second-order valence-electron chi connectivity index (χ2n) is 6.49. The third-order valence-electron chi connectivity index (χ3n) is 4.77. The van der Waals surface area contributed by atoms with E-state index >= 15 is 0 Å². The van der Waals surface area contributed by atoms with Gasteiger partial charge in [-0.1, -0.05) is 32.0 Å². The zero-order valence-electron chi connectivity index (χ0n) is 13.8. The van der Waals surface area contributed by atoms with Gasteiger partial charge in [0.25, 0.3) is 0 Å². The minimum Gasteiger partial charge on any atom is -0.380 e. The quantitative estimate of drug-likeness (QED) is 0.856. The number of halogens is 2. The highest BCUT2D eigenvalue weighted by Crippen LogP contribution is 2.39. The molecule has 1 saturated heterocycles. The molecule has 2 heterocycles. The summed E-state index contributed by atoms with van der Waals surface area (Å²) in [5.74, 6) is 0.0408. The molecule has 0 radical (unpaired) electrons. The Bertz CT molecular complexity index is 762. The fraction of sp³-hybridized carbons (Fsp3) is 0.316. The van der Waals surface area contributed by atoms with Crippen LogP contribution in [0.2, 0.25) is 5.02 Å². The largest absolute Gasteiger partial charge is 0.380 e. The SMILES string of the molecule is C=C(Nc1ccc(F)c([C@]2(C)COC[C@H]2C)c1)c1ccc(Cl)cn1. The lowest BCUT2D eigenvalue weighted by atomic mass is 9.75. The van der Waals surface area contributed by atoms with Gasteiger partial charge in [0.05, 0.1) is 29.6 Å². The van der Waals surface area contributed by atoms with E-state index in [0.717, 1.165) is 5.69 Å². The lowest BCUT2D eigenvalue weighted by Gasteiger charge is -2.28. The van der Waals surface area contributed by atoms with E-state index in [1.807, 2.05) is 13.0 Å². The maximum atomic E-state index is 14.4. The predicted molar refractivity (Wildman–Crippen MR) is 95.6 cm³/mol. The van der Waals surface area contributed by atoms with Crippen molar-refractivity contribution in [3.05, 3.63) is 65.2 Å². The molecule has 1 fully saturated rings. The van der Waals surface area contributed by atoms with E-state index in [-0.39, 0.29) is 17.2 Å². The normalized spacial score (nSPS) is 23.2. The Balaban J connectivity index is 1.86. The Morgan fingerprint density at radius 3 is 2.83 bits per heavy atom. The monoisotopic (exact) mass is 346 g/mol. The first-order valence-corrected chi connectivity index (χ1v) is 8.23. The van der Waals surface area contributed by atoms with Crippen LogP contribution in [-0.4, -0.2) is 18.2 Å². The van der Waals surface area contributed by atoms with Gasteiger partial charge in [-0.05, 0) is 41.8 Å². The summed E-state index contributed by atoms with van der Waals surface area (Å²) in [5.41, 5.74) is 2.42. The molecule has 2 aromatic rings. The lowest BCUT2D eigenvalue weighted by Crippen LogP contribution is -2.30. The number of aromatic nitrogens is 1. The third kappa shape index (κ3) is 3.17. The van der Waals surface area contributed by atoms with Gasteiger partial charge in [-0.25, -0.2) is 4.39 Å². The molecule has 3 nitrogen and oxygen atoms in total. The average Bonchev–Trinajstić information content (AvgIpc) is 2.90. The van der Waals surface area contributed by atoms with Crippen LogP contribution in [0.15, 0.2) is 43.1 Å². The van der Waals surface area contributed by atoms with Crippen molar-refractivity contribution in [2.75, 3.05) is 18.5 Å². The van der Waals surface area contributed by atoms with Crippen LogP contribution in [0.3, 0.4) is 0 Å². The smallest absolute Gasteiger partial charge is 0.127 e. The fourth-order valence-electron chi connectivity index (χ4n) is 2.95. The highest BCUT2D eigenvalue weighted by atomic mass is 35.5. The van der Waals surface area contributed by atoms with Crippen LogP contribution in [0.25, 0.3) is 5.70 Å². The summed E-state index contributed by atoms with van der Waals surface area (Å²) < 4.78 is 20.0. The average molecular weight is 347 g/mol. The topological polar surface area (TPSA) is 34.1 Å². The first kappa shape index (κ1) is 16.9. The molecule has 0 bridgehead atoms. The molecular weight excluding hydrogens is 327 g/mol.